The van der Waals surface area contributed by atoms with E-state index in [1.807, 2.05) is 36.7 Å². The van der Waals surface area contributed by atoms with Gasteiger partial charge < -0.3 is 18.9 Å². The van der Waals surface area contributed by atoms with E-state index in [1.54, 1.807) is 4.57 Å². The number of methoxy groups -OCH3 is 1. The lowest BCUT2D eigenvalue weighted by atomic mass is 10.1. The molecule has 0 atom stereocenters. The van der Waals surface area contributed by atoms with Crippen molar-refractivity contribution in [1.82, 2.24) is 9.55 Å². The standard InChI is InChI=1S/C20H19ClN4O4/c1-28-19-7-6-17(25(26)27)20(22-19)24-12-16(14-2-4-15(21)5-3-14)18(13-24)23-8-10-29-11-9-23/h2-7,12-13H,8-11H2,1H3. The van der Waals surface area contributed by atoms with Crippen molar-refractivity contribution in [2.75, 3.05) is 38.3 Å². The maximum atomic E-state index is 11.6. The maximum Gasteiger partial charge on any atom is 0.312 e. The van der Waals surface area contributed by atoms with Crippen LogP contribution in [-0.2, 0) is 4.74 Å². The Morgan fingerprint density at radius 3 is 2.52 bits per heavy atom. The molecule has 8 nitrogen and oxygen atoms in total. The SMILES string of the molecule is COc1ccc([N+](=O)[O-])c(-n2cc(-c3ccc(Cl)cc3)c(N3CCOCC3)c2)n1. The van der Waals surface area contributed by atoms with Crippen molar-refractivity contribution in [3.05, 3.63) is 63.9 Å². The molecule has 1 aliphatic rings. The van der Waals surface area contributed by atoms with Crippen LogP contribution in [0.1, 0.15) is 0 Å². The summed E-state index contributed by atoms with van der Waals surface area (Å²) in [6.45, 7) is 2.72. The number of pyridine rings is 1. The van der Waals surface area contributed by atoms with Crippen molar-refractivity contribution >= 4 is 23.0 Å². The normalized spacial score (nSPS) is 14.1. The van der Waals surface area contributed by atoms with Crippen LogP contribution in [0.15, 0.2) is 48.8 Å². The molecule has 4 rings (SSSR count). The summed E-state index contributed by atoms with van der Waals surface area (Å²) < 4.78 is 12.3. The zero-order chi connectivity index (χ0) is 20.4. The van der Waals surface area contributed by atoms with Gasteiger partial charge in [-0.25, -0.2) is 0 Å². The second-order valence-corrected chi connectivity index (χ2v) is 6.96. The lowest BCUT2D eigenvalue weighted by Crippen LogP contribution is -2.36. The van der Waals surface area contributed by atoms with Crippen molar-refractivity contribution < 1.29 is 14.4 Å². The van der Waals surface area contributed by atoms with Crippen molar-refractivity contribution in [3.8, 4) is 22.8 Å². The third-order valence-electron chi connectivity index (χ3n) is 4.79. The number of benzene rings is 1. The molecule has 0 saturated carbocycles. The second kappa shape index (κ2) is 8.10. The summed E-state index contributed by atoms with van der Waals surface area (Å²) in [4.78, 5) is 17.6. The number of anilines is 1. The molecule has 3 heterocycles. The molecule has 1 aliphatic heterocycles. The minimum atomic E-state index is -0.446. The van der Waals surface area contributed by atoms with E-state index in [1.165, 1.54) is 19.2 Å². The summed E-state index contributed by atoms with van der Waals surface area (Å²) in [5.41, 5.74) is 2.74. The van der Waals surface area contributed by atoms with Crippen LogP contribution in [0.4, 0.5) is 11.4 Å². The van der Waals surface area contributed by atoms with Crippen molar-refractivity contribution in [1.29, 1.82) is 0 Å². The first-order valence-electron chi connectivity index (χ1n) is 9.07. The number of aromatic nitrogens is 2. The van der Waals surface area contributed by atoms with Crippen molar-refractivity contribution in [2.45, 2.75) is 0 Å². The number of morpholine rings is 1. The van der Waals surface area contributed by atoms with Crippen molar-refractivity contribution in [2.24, 2.45) is 0 Å². The molecule has 0 N–H and O–H groups in total. The van der Waals surface area contributed by atoms with Crippen LogP contribution in [0, 0.1) is 10.1 Å². The predicted molar refractivity (Wildman–Crippen MR) is 110 cm³/mol. The molecule has 0 amide bonds. The molecule has 0 unspecified atom stereocenters. The molecular weight excluding hydrogens is 396 g/mol. The van der Waals surface area contributed by atoms with E-state index in [9.17, 15) is 10.1 Å². The molecule has 29 heavy (non-hydrogen) atoms. The first kappa shape index (κ1) is 19.2. The van der Waals surface area contributed by atoms with Gasteiger partial charge in [0.2, 0.25) is 11.7 Å². The summed E-state index contributed by atoms with van der Waals surface area (Å²) in [7, 11) is 1.48. The van der Waals surface area contributed by atoms with E-state index in [-0.39, 0.29) is 11.5 Å². The molecule has 1 saturated heterocycles. The Kier molecular flexibility index (Phi) is 5.37. The highest BCUT2D eigenvalue weighted by molar-refractivity contribution is 6.30. The van der Waals surface area contributed by atoms with Gasteiger partial charge in [-0.05, 0) is 17.7 Å². The molecule has 3 aromatic rings. The van der Waals surface area contributed by atoms with E-state index in [4.69, 9.17) is 21.1 Å². The van der Waals surface area contributed by atoms with Crippen LogP contribution in [0.5, 0.6) is 5.88 Å². The average Bonchev–Trinajstić information content (AvgIpc) is 3.19. The van der Waals surface area contributed by atoms with Crippen molar-refractivity contribution in [3.63, 3.8) is 0 Å². The quantitative estimate of drug-likeness (QED) is 0.464. The predicted octanol–water partition coefficient (Wildman–Crippen LogP) is 3.95. The number of nitro groups is 1. The molecule has 0 bridgehead atoms. The fraction of sp³-hybridized carbons (Fsp3) is 0.250. The van der Waals surface area contributed by atoms with E-state index in [0.29, 0.717) is 24.1 Å². The van der Waals surface area contributed by atoms with Crippen LogP contribution >= 0.6 is 11.6 Å². The third kappa shape index (κ3) is 3.90. The number of hydrogen-bond acceptors (Lipinski definition) is 6. The number of halogens is 1. The minimum Gasteiger partial charge on any atom is -0.481 e. The maximum absolute atomic E-state index is 11.6. The van der Waals surface area contributed by atoms with Crippen LogP contribution in [-0.4, -0.2) is 47.9 Å². The highest BCUT2D eigenvalue weighted by Gasteiger charge is 2.23. The van der Waals surface area contributed by atoms with Crippen LogP contribution < -0.4 is 9.64 Å². The number of rotatable bonds is 5. The van der Waals surface area contributed by atoms with Gasteiger partial charge >= 0.3 is 5.69 Å². The smallest absolute Gasteiger partial charge is 0.312 e. The second-order valence-electron chi connectivity index (χ2n) is 6.52. The summed E-state index contributed by atoms with van der Waals surface area (Å²) in [6, 6.07) is 10.4. The molecule has 1 fully saturated rings. The first-order valence-corrected chi connectivity index (χ1v) is 9.45. The van der Waals surface area contributed by atoms with Gasteiger partial charge in [0.25, 0.3) is 0 Å². The fourth-order valence-electron chi connectivity index (χ4n) is 3.34. The molecule has 2 aromatic heterocycles. The van der Waals surface area contributed by atoms with E-state index in [0.717, 1.165) is 29.9 Å². The van der Waals surface area contributed by atoms with Gasteiger partial charge in [-0.3, -0.25) is 10.1 Å². The zero-order valence-corrected chi connectivity index (χ0v) is 16.5. The van der Waals surface area contributed by atoms with Gasteiger partial charge in [-0.2, -0.15) is 4.98 Å². The number of ether oxygens (including phenoxy) is 2. The van der Waals surface area contributed by atoms with Crippen LogP contribution in [0.3, 0.4) is 0 Å². The highest BCUT2D eigenvalue weighted by Crippen LogP contribution is 2.36. The zero-order valence-electron chi connectivity index (χ0n) is 15.7. The summed E-state index contributed by atoms with van der Waals surface area (Å²) in [5, 5.41) is 12.2. The van der Waals surface area contributed by atoms with Crippen LogP contribution in [0.2, 0.25) is 5.02 Å². The molecule has 150 valence electrons. The van der Waals surface area contributed by atoms with Gasteiger partial charge in [-0.15, -0.1) is 0 Å². The monoisotopic (exact) mass is 414 g/mol. The van der Waals surface area contributed by atoms with Gasteiger partial charge in [0, 0.05) is 48.2 Å². The molecule has 0 aliphatic carbocycles. The summed E-state index contributed by atoms with van der Waals surface area (Å²) in [5.74, 6) is 0.504. The molecule has 0 radical (unpaired) electrons. The number of nitrogens with zero attached hydrogens (tertiary/aromatic N) is 4. The molecule has 1 aromatic carbocycles. The topological polar surface area (TPSA) is 82.7 Å². The Hall–Kier alpha value is -3.10. The highest BCUT2D eigenvalue weighted by atomic mass is 35.5. The number of hydrogen-bond donors (Lipinski definition) is 0. The minimum absolute atomic E-state index is 0.100. The lowest BCUT2D eigenvalue weighted by molar-refractivity contribution is -0.384. The third-order valence-corrected chi connectivity index (χ3v) is 5.04. The van der Waals surface area contributed by atoms with E-state index in [2.05, 4.69) is 9.88 Å². The Balaban J connectivity index is 1.87. The Morgan fingerprint density at radius 2 is 1.86 bits per heavy atom. The van der Waals surface area contributed by atoms with Gasteiger partial charge in [0.1, 0.15) is 0 Å². The Bertz CT molecular complexity index is 1030. The summed E-state index contributed by atoms with van der Waals surface area (Å²) in [6.07, 6.45) is 3.72. The van der Waals surface area contributed by atoms with Gasteiger partial charge in [-0.1, -0.05) is 23.7 Å². The molecule has 9 heteroatoms. The average molecular weight is 415 g/mol. The lowest BCUT2D eigenvalue weighted by Gasteiger charge is -2.29. The summed E-state index contributed by atoms with van der Waals surface area (Å²) >= 11 is 6.05. The van der Waals surface area contributed by atoms with Gasteiger partial charge in [0.15, 0.2) is 0 Å². The van der Waals surface area contributed by atoms with E-state index >= 15 is 0 Å². The van der Waals surface area contributed by atoms with Crippen LogP contribution in [0.25, 0.3) is 16.9 Å². The largest absolute Gasteiger partial charge is 0.481 e. The fourth-order valence-corrected chi connectivity index (χ4v) is 3.47. The first-order chi connectivity index (χ1) is 14.1. The van der Waals surface area contributed by atoms with Gasteiger partial charge in [0.05, 0.1) is 30.9 Å². The molecular formula is C20H19ClN4O4. The van der Waals surface area contributed by atoms with E-state index < -0.39 is 4.92 Å². The molecule has 0 spiro atoms. The Labute approximate surface area is 172 Å². The Morgan fingerprint density at radius 1 is 1.14 bits per heavy atom.